The number of H-pyrrole nitrogens is 1. The van der Waals surface area contributed by atoms with Crippen molar-refractivity contribution in [3.63, 3.8) is 0 Å². The van der Waals surface area contributed by atoms with Gasteiger partial charge in [-0.3, -0.25) is 15.0 Å². The summed E-state index contributed by atoms with van der Waals surface area (Å²) in [6, 6.07) is 5.14. The van der Waals surface area contributed by atoms with Crippen LogP contribution in [0.1, 0.15) is 17.0 Å². The third-order valence-electron chi connectivity index (χ3n) is 5.32. The summed E-state index contributed by atoms with van der Waals surface area (Å²) in [5, 5.41) is 31.6. The van der Waals surface area contributed by atoms with Gasteiger partial charge in [0.15, 0.2) is 5.65 Å². The van der Waals surface area contributed by atoms with Crippen molar-refractivity contribution in [2.75, 3.05) is 0 Å². The minimum atomic E-state index is -0.250. The smallest absolute Gasteiger partial charge is 0.223 e. The zero-order chi connectivity index (χ0) is 20.4. The number of nitrogens with one attached hydrogen (secondary N) is 2. The van der Waals surface area contributed by atoms with Crippen LogP contribution in [0.2, 0.25) is 0 Å². The molecule has 5 rings (SSSR count). The predicted octanol–water partition coefficient (Wildman–Crippen LogP) is 3.27. The molecular weight excluding hydrogens is 368 g/mol. The van der Waals surface area contributed by atoms with Crippen molar-refractivity contribution in [3.8, 4) is 17.3 Å². The highest BCUT2D eigenvalue weighted by Gasteiger charge is 2.22. The van der Waals surface area contributed by atoms with Gasteiger partial charge in [-0.2, -0.15) is 0 Å². The summed E-state index contributed by atoms with van der Waals surface area (Å²) in [5.41, 5.74) is 3.98. The zero-order valence-electron chi connectivity index (χ0n) is 16.1. The Morgan fingerprint density at radius 2 is 1.83 bits per heavy atom. The molecule has 0 saturated carbocycles. The summed E-state index contributed by atoms with van der Waals surface area (Å²) in [4.78, 5) is 16.5. The first-order valence-electron chi connectivity index (χ1n) is 9.10. The maximum absolute atomic E-state index is 10.8. The zero-order valence-corrected chi connectivity index (χ0v) is 16.1. The molecule has 0 saturated heterocycles. The summed E-state index contributed by atoms with van der Waals surface area (Å²) in [7, 11) is 0. The van der Waals surface area contributed by atoms with Crippen molar-refractivity contribution >= 4 is 32.8 Å². The second-order valence-corrected chi connectivity index (χ2v) is 7.16. The SMILES string of the molecule is Cc1nc2c3c(c(O)nc4ccncc4c3[nH]1)c(=N)n2-c1c(C)ccc(O)c1C. The van der Waals surface area contributed by atoms with Gasteiger partial charge >= 0.3 is 0 Å². The van der Waals surface area contributed by atoms with Gasteiger partial charge in [0.2, 0.25) is 5.88 Å². The number of pyridine rings is 1. The number of aromatic nitrogens is 5. The van der Waals surface area contributed by atoms with Crippen molar-refractivity contribution in [1.82, 2.24) is 24.5 Å². The van der Waals surface area contributed by atoms with Gasteiger partial charge in [0.1, 0.15) is 17.1 Å². The van der Waals surface area contributed by atoms with Crippen LogP contribution in [0, 0.1) is 26.2 Å². The van der Waals surface area contributed by atoms with Gasteiger partial charge in [0, 0.05) is 23.3 Å². The van der Waals surface area contributed by atoms with E-state index in [4.69, 9.17) is 5.41 Å². The van der Waals surface area contributed by atoms with Crippen LogP contribution in [-0.4, -0.2) is 34.7 Å². The van der Waals surface area contributed by atoms with E-state index in [1.165, 1.54) is 0 Å². The van der Waals surface area contributed by atoms with E-state index in [-0.39, 0.29) is 22.5 Å². The largest absolute Gasteiger partial charge is 0.508 e. The van der Waals surface area contributed by atoms with Crippen molar-refractivity contribution in [3.05, 3.63) is 53.0 Å². The summed E-state index contributed by atoms with van der Waals surface area (Å²) < 4.78 is 1.66. The number of fused-ring (bicyclic) bond motifs is 2. The minimum Gasteiger partial charge on any atom is -0.508 e. The number of phenols is 1. The standard InChI is InChI=1S/C21H18N6O2/c1-9-4-5-14(28)10(2)18(9)27-19(22)16-15-17(24-11(3)25-20(15)27)12-8-23-7-6-13(12)26-21(16)29/h4-8,22,28-29H,1-3H3,(H,24,25). The van der Waals surface area contributed by atoms with E-state index in [0.717, 1.165) is 10.9 Å². The second-order valence-electron chi connectivity index (χ2n) is 7.16. The van der Waals surface area contributed by atoms with E-state index in [9.17, 15) is 10.2 Å². The Kier molecular flexibility index (Phi) is 3.42. The highest BCUT2D eigenvalue weighted by atomic mass is 16.3. The highest BCUT2D eigenvalue weighted by molar-refractivity contribution is 6.16. The molecule has 1 aromatic carbocycles. The van der Waals surface area contributed by atoms with Crippen LogP contribution in [0.4, 0.5) is 0 Å². The number of nitrogens with zero attached hydrogens (tertiary/aromatic N) is 4. The first kappa shape index (κ1) is 17.2. The van der Waals surface area contributed by atoms with Gasteiger partial charge in [-0.05, 0) is 38.5 Å². The van der Waals surface area contributed by atoms with Gasteiger partial charge in [0.25, 0.3) is 0 Å². The molecule has 8 nitrogen and oxygen atoms in total. The van der Waals surface area contributed by atoms with Crippen molar-refractivity contribution < 1.29 is 10.2 Å². The molecule has 4 aromatic heterocycles. The number of rotatable bonds is 1. The Balaban J connectivity index is 2.14. The van der Waals surface area contributed by atoms with E-state index in [1.54, 1.807) is 42.1 Å². The van der Waals surface area contributed by atoms with Gasteiger partial charge in [-0.25, -0.2) is 9.97 Å². The molecule has 0 aliphatic rings. The molecule has 4 heterocycles. The summed E-state index contributed by atoms with van der Waals surface area (Å²) in [6.07, 6.45) is 3.29. The molecule has 0 aliphatic heterocycles. The number of aryl methyl sites for hydroxylation is 2. The average Bonchev–Trinajstić information content (AvgIpc) is 2.89. The van der Waals surface area contributed by atoms with E-state index in [2.05, 4.69) is 19.9 Å². The Hall–Kier alpha value is -3.94. The number of aromatic hydroxyl groups is 2. The summed E-state index contributed by atoms with van der Waals surface area (Å²) >= 11 is 0. The lowest BCUT2D eigenvalue weighted by Crippen LogP contribution is -2.16. The fourth-order valence-corrected chi connectivity index (χ4v) is 3.99. The number of benzene rings is 1. The number of hydrogen-bond acceptors (Lipinski definition) is 6. The van der Waals surface area contributed by atoms with E-state index >= 15 is 0 Å². The molecule has 0 atom stereocenters. The molecule has 0 amide bonds. The third-order valence-corrected chi connectivity index (χ3v) is 5.32. The van der Waals surface area contributed by atoms with Gasteiger partial charge in [-0.1, -0.05) is 6.07 Å². The van der Waals surface area contributed by atoms with Gasteiger partial charge < -0.3 is 15.2 Å². The quantitative estimate of drug-likeness (QED) is 0.352. The highest BCUT2D eigenvalue weighted by Crippen LogP contribution is 2.35. The van der Waals surface area contributed by atoms with Crippen LogP contribution in [0.25, 0.3) is 38.5 Å². The maximum atomic E-state index is 10.8. The molecule has 5 aromatic rings. The van der Waals surface area contributed by atoms with Crippen LogP contribution >= 0.6 is 0 Å². The molecule has 4 N–H and O–H groups in total. The first-order chi connectivity index (χ1) is 13.9. The Bertz CT molecular complexity index is 1530. The predicted molar refractivity (Wildman–Crippen MR) is 109 cm³/mol. The molecule has 8 heteroatoms. The summed E-state index contributed by atoms with van der Waals surface area (Å²) in [5.74, 6) is 0.524. The van der Waals surface area contributed by atoms with Crippen LogP contribution in [0.3, 0.4) is 0 Å². The second kappa shape index (κ2) is 5.78. The molecule has 0 bridgehead atoms. The lowest BCUT2D eigenvalue weighted by molar-refractivity contribution is 0.462. The number of phenolic OH excluding ortho intramolecular Hbond substituents is 1. The normalized spacial score (nSPS) is 11.7. The van der Waals surface area contributed by atoms with Crippen LogP contribution in [0.15, 0.2) is 30.6 Å². The molecule has 29 heavy (non-hydrogen) atoms. The van der Waals surface area contributed by atoms with Crippen molar-refractivity contribution in [2.24, 2.45) is 0 Å². The first-order valence-corrected chi connectivity index (χ1v) is 9.10. The fraction of sp³-hybridized carbons (Fsp3) is 0.143. The van der Waals surface area contributed by atoms with E-state index in [1.807, 2.05) is 13.8 Å². The Labute approximate surface area is 164 Å². The molecule has 0 unspecified atom stereocenters. The fourth-order valence-electron chi connectivity index (χ4n) is 3.99. The Morgan fingerprint density at radius 3 is 2.62 bits per heavy atom. The molecule has 0 spiro atoms. The molecule has 0 fully saturated rings. The molecule has 0 radical (unpaired) electrons. The number of aromatic amines is 1. The maximum Gasteiger partial charge on any atom is 0.223 e. The van der Waals surface area contributed by atoms with E-state index in [0.29, 0.717) is 39.1 Å². The van der Waals surface area contributed by atoms with Gasteiger partial charge in [-0.15, -0.1) is 0 Å². The monoisotopic (exact) mass is 386 g/mol. The van der Waals surface area contributed by atoms with Gasteiger partial charge in [0.05, 0.1) is 27.5 Å². The number of hydrogen-bond donors (Lipinski definition) is 4. The molecule has 144 valence electrons. The Morgan fingerprint density at radius 1 is 1.03 bits per heavy atom. The summed E-state index contributed by atoms with van der Waals surface area (Å²) in [6.45, 7) is 5.54. The topological polar surface area (TPSA) is 124 Å². The third kappa shape index (κ3) is 2.25. The minimum absolute atomic E-state index is 0.0477. The molecular formula is C21H18N6O2. The van der Waals surface area contributed by atoms with Crippen molar-refractivity contribution in [2.45, 2.75) is 20.8 Å². The van der Waals surface area contributed by atoms with Crippen LogP contribution in [0.5, 0.6) is 11.6 Å². The lowest BCUT2D eigenvalue weighted by Gasteiger charge is -2.14. The van der Waals surface area contributed by atoms with E-state index < -0.39 is 0 Å². The van der Waals surface area contributed by atoms with Crippen molar-refractivity contribution in [1.29, 1.82) is 5.41 Å². The van der Waals surface area contributed by atoms with Crippen LogP contribution in [-0.2, 0) is 0 Å². The average molecular weight is 386 g/mol. The van der Waals surface area contributed by atoms with Crippen LogP contribution < -0.4 is 5.49 Å². The lowest BCUT2D eigenvalue weighted by atomic mass is 10.1. The molecule has 0 aliphatic carbocycles.